The summed E-state index contributed by atoms with van der Waals surface area (Å²) in [6, 6.07) is 26.9. The summed E-state index contributed by atoms with van der Waals surface area (Å²) in [4.78, 5) is 15.6. The number of esters is 1. The number of hydrogen-bond acceptors (Lipinski definition) is 3. The first kappa shape index (κ1) is 21.0. The van der Waals surface area contributed by atoms with Gasteiger partial charge < -0.3 is 9.47 Å². The van der Waals surface area contributed by atoms with Gasteiger partial charge in [-0.3, -0.25) is 0 Å². The molecule has 3 nitrogen and oxygen atoms in total. The van der Waals surface area contributed by atoms with Crippen LogP contribution >= 0.6 is 0 Å². The number of carbonyl (C=O) groups is 1. The lowest BCUT2D eigenvalue weighted by atomic mass is 10.2. The van der Waals surface area contributed by atoms with Crippen LogP contribution in [0.5, 0.6) is 5.75 Å². The predicted molar refractivity (Wildman–Crippen MR) is 118 cm³/mol. The lowest BCUT2D eigenvalue weighted by Gasteiger charge is -2.20. The van der Waals surface area contributed by atoms with E-state index in [0.717, 1.165) is 10.5 Å². The molecule has 0 bridgehead atoms. The van der Waals surface area contributed by atoms with Crippen LogP contribution in [0.3, 0.4) is 0 Å². The SMILES string of the molecule is Cc1ccc(OCC(=O)OC(C)(C)C)c([S+](c2ccccc2)c2ccccc2)c1. The van der Waals surface area contributed by atoms with E-state index in [0.29, 0.717) is 5.75 Å². The standard InChI is InChI=1S/C25H27O3S/c1-19-15-16-22(27-18-24(26)28-25(2,3)4)23(17-19)29(20-11-7-5-8-12-20)21-13-9-6-10-14-21/h5-17H,18H2,1-4H3/q+1. The summed E-state index contributed by atoms with van der Waals surface area (Å²) < 4.78 is 11.3. The number of carbonyl (C=O) groups excluding carboxylic acids is 1. The summed E-state index contributed by atoms with van der Waals surface area (Å²) in [5.74, 6) is 0.334. The fraction of sp³-hybridized carbons (Fsp3) is 0.240. The highest BCUT2D eigenvalue weighted by atomic mass is 32.2. The third kappa shape index (κ3) is 5.88. The summed E-state index contributed by atoms with van der Waals surface area (Å²) in [6.45, 7) is 7.51. The Morgan fingerprint density at radius 1 is 0.862 bits per heavy atom. The molecule has 0 fully saturated rings. The van der Waals surface area contributed by atoms with Crippen molar-refractivity contribution in [3.8, 4) is 5.75 Å². The monoisotopic (exact) mass is 407 g/mol. The number of rotatable bonds is 6. The van der Waals surface area contributed by atoms with Gasteiger partial charge in [-0.1, -0.05) is 42.5 Å². The van der Waals surface area contributed by atoms with Crippen molar-refractivity contribution in [2.24, 2.45) is 0 Å². The Morgan fingerprint density at radius 2 is 1.41 bits per heavy atom. The van der Waals surface area contributed by atoms with Gasteiger partial charge in [0.25, 0.3) is 0 Å². The van der Waals surface area contributed by atoms with Gasteiger partial charge in [0, 0.05) is 6.07 Å². The Hall–Kier alpha value is -2.72. The van der Waals surface area contributed by atoms with Crippen LogP contribution in [0.1, 0.15) is 26.3 Å². The molecule has 0 aliphatic heterocycles. The molecule has 150 valence electrons. The Labute approximate surface area is 176 Å². The molecule has 0 spiro atoms. The number of ether oxygens (including phenoxy) is 2. The van der Waals surface area contributed by atoms with Crippen LogP contribution < -0.4 is 4.74 Å². The van der Waals surface area contributed by atoms with Crippen molar-refractivity contribution >= 4 is 16.9 Å². The summed E-state index contributed by atoms with van der Waals surface area (Å²) >= 11 is 0. The number of hydrogen-bond donors (Lipinski definition) is 0. The minimum Gasteiger partial charge on any atom is -0.477 e. The van der Waals surface area contributed by atoms with E-state index in [4.69, 9.17) is 9.47 Å². The van der Waals surface area contributed by atoms with Gasteiger partial charge in [-0.15, -0.1) is 0 Å². The molecule has 0 atom stereocenters. The van der Waals surface area contributed by atoms with Crippen LogP contribution in [-0.2, 0) is 20.4 Å². The van der Waals surface area contributed by atoms with Gasteiger partial charge in [-0.25, -0.2) is 4.79 Å². The molecule has 0 aliphatic rings. The zero-order valence-electron chi connectivity index (χ0n) is 17.3. The van der Waals surface area contributed by atoms with Gasteiger partial charge in [0.2, 0.25) is 4.90 Å². The first-order valence-electron chi connectivity index (χ1n) is 9.63. The second-order valence-corrected chi connectivity index (χ2v) is 9.75. The van der Waals surface area contributed by atoms with E-state index in [-0.39, 0.29) is 23.5 Å². The highest BCUT2D eigenvalue weighted by Crippen LogP contribution is 2.37. The fourth-order valence-electron chi connectivity index (χ4n) is 2.90. The van der Waals surface area contributed by atoms with E-state index in [1.54, 1.807) is 0 Å². The van der Waals surface area contributed by atoms with E-state index in [9.17, 15) is 4.79 Å². The van der Waals surface area contributed by atoms with Crippen LogP contribution in [0.15, 0.2) is 93.5 Å². The predicted octanol–water partition coefficient (Wildman–Crippen LogP) is 5.81. The summed E-state index contributed by atoms with van der Waals surface area (Å²) in [5.41, 5.74) is 0.614. The van der Waals surface area contributed by atoms with Crippen LogP contribution in [0.2, 0.25) is 0 Å². The first-order valence-corrected chi connectivity index (χ1v) is 10.9. The lowest BCUT2D eigenvalue weighted by molar-refractivity contribution is -0.157. The largest absolute Gasteiger partial charge is 0.477 e. The van der Waals surface area contributed by atoms with Gasteiger partial charge in [-0.05, 0) is 63.6 Å². The van der Waals surface area contributed by atoms with Gasteiger partial charge in [0.1, 0.15) is 16.5 Å². The van der Waals surface area contributed by atoms with Gasteiger partial charge in [0.15, 0.2) is 22.1 Å². The molecular weight excluding hydrogens is 380 g/mol. The van der Waals surface area contributed by atoms with Gasteiger partial charge in [0.05, 0.1) is 0 Å². The van der Waals surface area contributed by atoms with E-state index in [1.165, 1.54) is 9.79 Å². The molecule has 0 saturated heterocycles. The zero-order valence-corrected chi connectivity index (χ0v) is 18.2. The van der Waals surface area contributed by atoms with Crippen molar-refractivity contribution in [2.45, 2.75) is 48.0 Å². The third-order valence-corrected chi connectivity index (χ3v) is 6.29. The quantitative estimate of drug-likeness (QED) is 0.382. The maximum atomic E-state index is 12.2. The average molecular weight is 408 g/mol. The normalized spacial score (nSPS) is 11.3. The second-order valence-electron chi connectivity index (χ2n) is 7.76. The minimum atomic E-state index is -0.533. The summed E-state index contributed by atoms with van der Waals surface area (Å²) in [7, 11) is -0.347. The molecule has 3 rings (SSSR count). The highest BCUT2D eigenvalue weighted by Gasteiger charge is 2.32. The maximum Gasteiger partial charge on any atom is 0.344 e. The molecule has 0 N–H and O–H groups in total. The Balaban J connectivity index is 1.98. The van der Waals surface area contributed by atoms with E-state index in [2.05, 4.69) is 61.5 Å². The molecule has 3 aromatic carbocycles. The Bertz CT molecular complexity index is 907. The molecule has 0 radical (unpaired) electrons. The van der Waals surface area contributed by atoms with Crippen molar-refractivity contribution < 1.29 is 14.3 Å². The average Bonchev–Trinajstić information content (AvgIpc) is 2.68. The van der Waals surface area contributed by atoms with E-state index < -0.39 is 5.60 Å². The zero-order chi connectivity index (χ0) is 20.9. The van der Waals surface area contributed by atoms with Crippen LogP contribution in [-0.4, -0.2) is 18.2 Å². The second kappa shape index (κ2) is 9.19. The molecule has 0 aromatic heterocycles. The Morgan fingerprint density at radius 3 is 1.93 bits per heavy atom. The summed E-state index contributed by atoms with van der Waals surface area (Å²) in [6.07, 6.45) is 0. The van der Waals surface area contributed by atoms with Crippen molar-refractivity contribution in [2.75, 3.05) is 6.61 Å². The number of benzene rings is 3. The van der Waals surface area contributed by atoms with E-state index >= 15 is 0 Å². The molecule has 0 saturated carbocycles. The van der Waals surface area contributed by atoms with Crippen molar-refractivity contribution in [1.29, 1.82) is 0 Å². The van der Waals surface area contributed by atoms with Gasteiger partial charge in [-0.2, -0.15) is 0 Å². The topological polar surface area (TPSA) is 35.5 Å². The molecule has 0 heterocycles. The minimum absolute atomic E-state index is 0.117. The van der Waals surface area contributed by atoms with Gasteiger partial charge >= 0.3 is 5.97 Å². The van der Waals surface area contributed by atoms with Crippen LogP contribution in [0.4, 0.5) is 0 Å². The molecule has 4 heteroatoms. The molecule has 29 heavy (non-hydrogen) atoms. The molecule has 0 unspecified atom stereocenters. The van der Waals surface area contributed by atoms with Crippen LogP contribution in [0.25, 0.3) is 0 Å². The Kier molecular flexibility index (Phi) is 6.65. The first-order chi connectivity index (χ1) is 13.8. The highest BCUT2D eigenvalue weighted by molar-refractivity contribution is 7.97. The summed E-state index contributed by atoms with van der Waals surface area (Å²) in [5, 5.41) is 0. The molecule has 3 aromatic rings. The molecule has 0 amide bonds. The van der Waals surface area contributed by atoms with Crippen molar-refractivity contribution in [3.63, 3.8) is 0 Å². The fourth-order valence-corrected chi connectivity index (χ4v) is 5.18. The molecular formula is C25H27O3S+. The van der Waals surface area contributed by atoms with E-state index in [1.807, 2.05) is 45.0 Å². The van der Waals surface area contributed by atoms with Crippen LogP contribution in [0, 0.1) is 6.92 Å². The lowest BCUT2D eigenvalue weighted by Crippen LogP contribution is -2.27. The van der Waals surface area contributed by atoms with Crippen molar-refractivity contribution in [3.05, 3.63) is 84.4 Å². The smallest absolute Gasteiger partial charge is 0.344 e. The maximum absolute atomic E-state index is 12.2. The third-order valence-electron chi connectivity index (χ3n) is 4.04. The number of aryl methyl sites for hydroxylation is 1. The van der Waals surface area contributed by atoms with Crippen molar-refractivity contribution in [1.82, 2.24) is 0 Å². The molecule has 0 aliphatic carbocycles.